The average Bonchev–Trinajstić information content (AvgIpc) is 2.92. The zero-order valence-corrected chi connectivity index (χ0v) is 11.8. The molecule has 4 nitrogen and oxygen atoms in total. The van der Waals surface area contributed by atoms with Gasteiger partial charge in [0.15, 0.2) is 0 Å². The summed E-state index contributed by atoms with van der Waals surface area (Å²) in [5.41, 5.74) is 3.18. The molecule has 3 aromatic rings. The van der Waals surface area contributed by atoms with E-state index in [0.717, 1.165) is 17.5 Å². The van der Waals surface area contributed by atoms with Crippen LogP contribution < -0.4 is 0 Å². The Hall–Kier alpha value is -2.23. The molecular weight excluding hydrogens is 248 g/mol. The number of aromatic nitrogens is 4. The molecule has 0 aliphatic carbocycles. The molecule has 0 bridgehead atoms. The van der Waals surface area contributed by atoms with Crippen molar-refractivity contribution in [1.29, 1.82) is 0 Å². The van der Waals surface area contributed by atoms with E-state index < -0.39 is 0 Å². The van der Waals surface area contributed by atoms with Gasteiger partial charge in [0.2, 0.25) is 0 Å². The first-order valence-corrected chi connectivity index (χ1v) is 7.01. The predicted octanol–water partition coefficient (Wildman–Crippen LogP) is 3.46. The molecule has 102 valence electrons. The Labute approximate surface area is 118 Å². The Bertz CT molecular complexity index is 690. The van der Waals surface area contributed by atoms with Gasteiger partial charge in [-0.1, -0.05) is 43.7 Å². The summed E-state index contributed by atoms with van der Waals surface area (Å²) < 4.78 is 2.03. The van der Waals surface area contributed by atoms with Gasteiger partial charge in [-0.15, -0.1) is 5.10 Å². The molecule has 2 aromatic heterocycles. The molecule has 1 aromatic carbocycles. The van der Waals surface area contributed by atoms with Crippen LogP contribution in [-0.4, -0.2) is 20.0 Å². The summed E-state index contributed by atoms with van der Waals surface area (Å²) in [7, 11) is 0. The molecular formula is C16H18N4. The van der Waals surface area contributed by atoms with E-state index in [9.17, 15) is 0 Å². The van der Waals surface area contributed by atoms with Crippen molar-refractivity contribution in [2.75, 3.05) is 0 Å². The number of nitrogens with zero attached hydrogens (tertiary/aromatic N) is 4. The second-order valence-corrected chi connectivity index (χ2v) is 5.14. The molecule has 20 heavy (non-hydrogen) atoms. The van der Waals surface area contributed by atoms with Crippen LogP contribution in [0.5, 0.6) is 0 Å². The van der Waals surface area contributed by atoms with Gasteiger partial charge in [-0.2, -0.15) is 0 Å². The second kappa shape index (κ2) is 5.41. The van der Waals surface area contributed by atoms with Crippen LogP contribution in [0.1, 0.15) is 31.9 Å². The molecule has 2 atom stereocenters. The monoisotopic (exact) mass is 266 g/mol. The van der Waals surface area contributed by atoms with Gasteiger partial charge in [0.25, 0.3) is 0 Å². The lowest BCUT2D eigenvalue weighted by atomic mass is 9.93. The molecule has 2 heterocycles. The van der Waals surface area contributed by atoms with Crippen molar-refractivity contribution >= 4 is 11.0 Å². The maximum atomic E-state index is 4.38. The van der Waals surface area contributed by atoms with E-state index in [1.54, 1.807) is 6.20 Å². The number of hydrogen-bond acceptors (Lipinski definition) is 3. The lowest BCUT2D eigenvalue weighted by Gasteiger charge is -2.23. The fraction of sp³-hybridized carbons (Fsp3) is 0.312. The molecule has 0 aliphatic heterocycles. The minimum absolute atomic E-state index is 0.168. The summed E-state index contributed by atoms with van der Waals surface area (Å²) >= 11 is 0. The van der Waals surface area contributed by atoms with Crippen LogP contribution in [0.25, 0.3) is 11.0 Å². The number of pyridine rings is 1. The van der Waals surface area contributed by atoms with Crippen LogP contribution in [0.15, 0.2) is 48.8 Å². The van der Waals surface area contributed by atoms with Gasteiger partial charge in [0.1, 0.15) is 5.52 Å². The van der Waals surface area contributed by atoms with Crippen molar-refractivity contribution in [1.82, 2.24) is 20.0 Å². The topological polar surface area (TPSA) is 43.6 Å². The molecule has 0 fully saturated rings. The minimum Gasteiger partial charge on any atom is -0.264 e. The summed E-state index contributed by atoms with van der Waals surface area (Å²) in [5, 5.41) is 8.65. The number of hydrogen-bond donors (Lipinski definition) is 0. The SMILES string of the molecule is CCC(C)C(c1cccnc1)n1nnc2ccccc21. The van der Waals surface area contributed by atoms with Crippen LogP contribution in [0.3, 0.4) is 0 Å². The Morgan fingerprint density at radius 2 is 2.00 bits per heavy atom. The van der Waals surface area contributed by atoms with Gasteiger partial charge < -0.3 is 0 Å². The van der Waals surface area contributed by atoms with Gasteiger partial charge in [-0.3, -0.25) is 4.98 Å². The summed E-state index contributed by atoms with van der Waals surface area (Å²) in [4.78, 5) is 4.25. The Kier molecular flexibility index (Phi) is 3.46. The molecule has 0 saturated heterocycles. The number of rotatable bonds is 4. The van der Waals surface area contributed by atoms with E-state index >= 15 is 0 Å². The van der Waals surface area contributed by atoms with Gasteiger partial charge in [-0.25, -0.2) is 4.68 Å². The fourth-order valence-corrected chi connectivity index (χ4v) is 2.58. The first-order chi connectivity index (χ1) is 9.81. The molecule has 4 heteroatoms. The van der Waals surface area contributed by atoms with Gasteiger partial charge >= 0.3 is 0 Å². The molecule has 0 radical (unpaired) electrons. The maximum Gasteiger partial charge on any atom is 0.113 e. The maximum absolute atomic E-state index is 4.38. The predicted molar refractivity (Wildman–Crippen MR) is 79.4 cm³/mol. The second-order valence-electron chi connectivity index (χ2n) is 5.14. The highest BCUT2D eigenvalue weighted by atomic mass is 15.4. The van der Waals surface area contributed by atoms with Crippen LogP contribution >= 0.6 is 0 Å². The lowest BCUT2D eigenvalue weighted by Crippen LogP contribution is -2.19. The average molecular weight is 266 g/mol. The van der Waals surface area contributed by atoms with Gasteiger partial charge in [-0.05, 0) is 29.7 Å². The summed E-state index contributed by atoms with van der Waals surface area (Å²) in [6.07, 6.45) is 4.80. The highest BCUT2D eigenvalue weighted by molar-refractivity contribution is 5.74. The van der Waals surface area contributed by atoms with E-state index in [2.05, 4.69) is 41.3 Å². The van der Waals surface area contributed by atoms with Crippen molar-refractivity contribution in [3.05, 3.63) is 54.4 Å². The number of benzene rings is 1. The normalized spacial score (nSPS) is 14.3. The Morgan fingerprint density at radius 3 is 2.75 bits per heavy atom. The molecule has 3 rings (SSSR count). The zero-order valence-electron chi connectivity index (χ0n) is 11.8. The molecule has 0 N–H and O–H groups in total. The highest BCUT2D eigenvalue weighted by Crippen LogP contribution is 2.30. The third-order valence-electron chi connectivity index (χ3n) is 3.85. The van der Waals surface area contributed by atoms with Crippen LogP contribution in [0.2, 0.25) is 0 Å². The Morgan fingerprint density at radius 1 is 1.15 bits per heavy atom. The van der Waals surface area contributed by atoms with Crippen LogP contribution in [0, 0.1) is 5.92 Å². The molecule has 0 spiro atoms. The van der Waals surface area contributed by atoms with Crippen LogP contribution in [-0.2, 0) is 0 Å². The summed E-state index contributed by atoms with van der Waals surface area (Å²) in [6, 6.07) is 12.3. The van der Waals surface area contributed by atoms with Crippen molar-refractivity contribution < 1.29 is 0 Å². The van der Waals surface area contributed by atoms with Crippen molar-refractivity contribution in [3.63, 3.8) is 0 Å². The lowest BCUT2D eigenvalue weighted by molar-refractivity contribution is 0.369. The molecule has 0 amide bonds. The van der Waals surface area contributed by atoms with Crippen molar-refractivity contribution in [2.45, 2.75) is 26.3 Å². The summed E-state index contributed by atoms with van der Waals surface area (Å²) in [6.45, 7) is 4.45. The first-order valence-electron chi connectivity index (χ1n) is 7.01. The van der Waals surface area contributed by atoms with Crippen molar-refractivity contribution in [2.24, 2.45) is 5.92 Å². The molecule has 0 saturated carbocycles. The molecule has 0 aliphatic rings. The van der Waals surface area contributed by atoms with E-state index in [1.807, 2.05) is 35.1 Å². The fourth-order valence-electron chi connectivity index (χ4n) is 2.58. The van der Waals surface area contributed by atoms with Gasteiger partial charge in [0, 0.05) is 12.4 Å². The third kappa shape index (κ3) is 2.18. The van der Waals surface area contributed by atoms with E-state index in [-0.39, 0.29) is 6.04 Å². The highest BCUT2D eigenvalue weighted by Gasteiger charge is 2.23. The van der Waals surface area contributed by atoms with Crippen molar-refractivity contribution in [3.8, 4) is 0 Å². The van der Waals surface area contributed by atoms with E-state index in [1.165, 1.54) is 5.56 Å². The summed E-state index contributed by atoms with van der Waals surface area (Å²) in [5.74, 6) is 0.462. The zero-order chi connectivity index (χ0) is 13.9. The number of para-hydroxylation sites is 1. The minimum atomic E-state index is 0.168. The smallest absolute Gasteiger partial charge is 0.113 e. The number of fused-ring (bicyclic) bond motifs is 1. The standard InChI is InChI=1S/C16H18N4/c1-3-12(2)16(13-7-6-10-17-11-13)20-15-9-5-4-8-14(15)18-19-20/h4-12,16H,3H2,1-2H3. The Balaban J connectivity index is 2.15. The van der Waals surface area contributed by atoms with E-state index in [4.69, 9.17) is 0 Å². The van der Waals surface area contributed by atoms with Crippen LogP contribution in [0.4, 0.5) is 0 Å². The largest absolute Gasteiger partial charge is 0.264 e. The first kappa shape index (κ1) is 12.8. The molecule has 2 unspecified atom stereocenters. The quantitative estimate of drug-likeness (QED) is 0.726. The third-order valence-corrected chi connectivity index (χ3v) is 3.85. The van der Waals surface area contributed by atoms with Gasteiger partial charge in [0.05, 0.1) is 11.6 Å². The van der Waals surface area contributed by atoms with E-state index in [0.29, 0.717) is 5.92 Å².